The van der Waals surface area contributed by atoms with Crippen molar-refractivity contribution < 1.29 is 0 Å². The number of hydrogen-bond donors (Lipinski definition) is 1. The second-order valence-corrected chi connectivity index (χ2v) is 15.5. The first-order valence-electron chi connectivity index (χ1n) is 20.5. The lowest BCUT2D eigenvalue weighted by molar-refractivity contribution is 1.27. The molecule has 0 amide bonds. The highest BCUT2D eigenvalue weighted by Gasteiger charge is 2.19. The van der Waals surface area contributed by atoms with E-state index < -0.39 is 0 Å². The highest BCUT2D eigenvalue weighted by atomic mass is 14.7. The first-order chi connectivity index (χ1) is 29.4. The Hall–Kier alpha value is -7.55. The second kappa shape index (κ2) is 16.4. The topological polar surface area (TPSA) is 38.9 Å². The molecule has 0 unspecified atom stereocenters. The van der Waals surface area contributed by atoms with Gasteiger partial charge >= 0.3 is 0 Å². The molecule has 0 fully saturated rings. The Balaban J connectivity index is 1.21. The molecular weight excluding hydrogens is 725 g/mol. The van der Waals surface area contributed by atoms with Crippen LogP contribution in [0.25, 0.3) is 72.1 Å². The third-order valence-electron chi connectivity index (χ3n) is 11.8. The number of benzene rings is 8. The molecule has 0 atom stereocenters. The Bertz CT molecular complexity index is 3240. The summed E-state index contributed by atoms with van der Waals surface area (Å²) >= 11 is 0. The van der Waals surface area contributed by atoms with Gasteiger partial charge in [-0.2, -0.15) is 0 Å². The van der Waals surface area contributed by atoms with Crippen LogP contribution in [0.4, 0.5) is 5.69 Å². The van der Waals surface area contributed by atoms with Crippen molar-refractivity contribution in [3.8, 4) is 0 Å². The van der Waals surface area contributed by atoms with Crippen molar-refractivity contribution >= 4 is 77.8 Å². The van der Waals surface area contributed by atoms with Gasteiger partial charge in [-0.05, 0) is 127 Å². The number of fused-ring (bicyclic) bond motifs is 5. The van der Waals surface area contributed by atoms with Gasteiger partial charge in [-0.1, -0.05) is 183 Å². The minimum Gasteiger partial charge on any atom is -0.398 e. The van der Waals surface area contributed by atoms with Gasteiger partial charge in [0.15, 0.2) is 0 Å². The van der Waals surface area contributed by atoms with Gasteiger partial charge in [0.05, 0.1) is 11.2 Å². The quantitative estimate of drug-likeness (QED) is 0.0854. The lowest BCUT2D eigenvalue weighted by atomic mass is 9.86. The lowest BCUT2D eigenvalue weighted by Gasteiger charge is -2.20. The Labute approximate surface area is 352 Å². The second-order valence-electron chi connectivity index (χ2n) is 15.5. The van der Waals surface area contributed by atoms with Gasteiger partial charge in [-0.25, -0.2) is 4.98 Å². The van der Waals surface area contributed by atoms with E-state index in [9.17, 15) is 0 Å². The standard InChI is InChI=1S/C58H46N2/c1-5-41-17-6-7-20-45(41)35-38(2)54(36-39(3)55-37-46-21-9-12-25-49(46)50-26-13-14-27-51(50)55)47-32-33-53(58(59)40(47)4)52(57-34-30-44-19-10-15-28-56(44)60-57)31-29-43-23-16-22-42-18-8-11-24-48(42)43/h5-28,30-37H,1,3,29,59H2,2,4H3/b38-35+,52-31+,54-36-. The molecule has 2 nitrogen and oxygen atoms in total. The van der Waals surface area contributed by atoms with E-state index in [1.165, 1.54) is 37.9 Å². The number of nitrogens with zero attached hydrogens (tertiary/aromatic N) is 1. The maximum atomic E-state index is 7.36. The molecule has 2 heteroatoms. The summed E-state index contributed by atoms with van der Waals surface area (Å²) in [5.74, 6) is 0. The molecule has 0 saturated heterocycles. The largest absolute Gasteiger partial charge is 0.398 e. The first-order valence-corrected chi connectivity index (χ1v) is 20.5. The van der Waals surface area contributed by atoms with Crippen molar-refractivity contribution in [3.05, 3.63) is 245 Å². The number of para-hydroxylation sites is 1. The predicted molar refractivity (Wildman–Crippen MR) is 261 cm³/mol. The Morgan fingerprint density at radius 3 is 2.03 bits per heavy atom. The molecule has 0 radical (unpaired) electrons. The van der Waals surface area contributed by atoms with Gasteiger partial charge in [-0.15, -0.1) is 0 Å². The molecule has 60 heavy (non-hydrogen) atoms. The monoisotopic (exact) mass is 770 g/mol. The number of pyridine rings is 1. The van der Waals surface area contributed by atoms with Crippen LogP contribution in [0.3, 0.4) is 0 Å². The van der Waals surface area contributed by atoms with E-state index >= 15 is 0 Å². The number of nitrogen functional groups attached to an aromatic ring is 1. The molecule has 0 aliphatic carbocycles. The average molecular weight is 771 g/mol. The van der Waals surface area contributed by atoms with Crippen molar-refractivity contribution in [1.82, 2.24) is 4.98 Å². The van der Waals surface area contributed by atoms with Crippen molar-refractivity contribution in [3.63, 3.8) is 0 Å². The van der Waals surface area contributed by atoms with Crippen LogP contribution in [-0.2, 0) is 6.42 Å². The molecule has 0 aliphatic heterocycles. The fourth-order valence-electron chi connectivity index (χ4n) is 8.62. The Morgan fingerprint density at radius 1 is 0.600 bits per heavy atom. The number of anilines is 1. The van der Waals surface area contributed by atoms with E-state index in [0.717, 1.165) is 84.4 Å². The van der Waals surface area contributed by atoms with Gasteiger partial charge < -0.3 is 5.73 Å². The third kappa shape index (κ3) is 7.25. The van der Waals surface area contributed by atoms with Crippen molar-refractivity contribution in [2.45, 2.75) is 20.3 Å². The number of nitrogens with two attached hydrogens (primary N) is 1. The van der Waals surface area contributed by atoms with Gasteiger partial charge in [-0.3, -0.25) is 0 Å². The summed E-state index contributed by atoms with van der Waals surface area (Å²) < 4.78 is 0. The van der Waals surface area contributed by atoms with Crippen LogP contribution in [0.15, 0.2) is 201 Å². The third-order valence-corrected chi connectivity index (χ3v) is 11.8. The normalized spacial score (nSPS) is 12.4. The molecule has 0 spiro atoms. The van der Waals surface area contributed by atoms with E-state index in [2.05, 4.69) is 196 Å². The van der Waals surface area contributed by atoms with E-state index in [0.29, 0.717) is 0 Å². The highest BCUT2D eigenvalue weighted by molar-refractivity contribution is 6.13. The summed E-state index contributed by atoms with van der Waals surface area (Å²) in [6.45, 7) is 13.2. The molecule has 2 N–H and O–H groups in total. The fraction of sp³-hybridized carbons (Fsp3) is 0.0517. The van der Waals surface area contributed by atoms with E-state index in [-0.39, 0.29) is 0 Å². The first kappa shape index (κ1) is 38.0. The molecular formula is C58H46N2. The van der Waals surface area contributed by atoms with E-state index in [4.69, 9.17) is 17.3 Å². The van der Waals surface area contributed by atoms with Crippen LogP contribution < -0.4 is 5.73 Å². The van der Waals surface area contributed by atoms with Crippen LogP contribution in [-0.4, -0.2) is 4.98 Å². The minimum absolute atomic E-state index is 0.721. The molecule has 1 heterocycles. The number of hydrogen-bond acceptors (Lipinski definition) is 2. The molecule has 0 bridgehead atoms. The summed E-state index contributed by atoms with van der Waals surface area (Å²) in [7, 11) is 0. The van der Waals surface area contributed by atoms with Crippen molar-refractivity contribution in [2.75, 3.05) is 5.73 Å². The van der Waals surface area contributed by atoms with E-state index in [1.54, 1.807) is 0 Å². The van der Waals surface area contributed by atoms with Crippen molar-refractivity contribution in [1.29, 1.82) is 0 Å². The smallest absolute Gasteiger partial charge is 0.0713 e. The Morgan fingerprint density at radius 2 is 1.23 bits per heavy atom. The van der Waals surface area contributed by atoms with Crippen LogP contribution in [0.2, 0.25) is 0 Å². The molecule has 9 rings (SSSR count). The molecule has 288 valence electrons. The fourth-order valence-corrected chi connectivity index (χ4v) is 8.62. The van der Waals surface area contributed by atoms with Gasteiger partial charge in [0.1, 0.15) is 0 Å². The van der Waals surface area contributed by atoms with Crippen LogP contribution in [0.1, 0.15) is 51.6 Å². The number of allylic oxidation sites excluding steroid dienone is 5. The van der Waals surface area contributed by atoms with Gasteiger partial charge in [0.25, 0.3) is 0 Å². The summed E-state index contributed by atoms with van der Waals surface area (Å²) in [6.07, 6.45) is 9.41. The minimum atomic E-state index is 0.721. The van der Waals surface area contributed by atoms with Crippen LogP contribution in [0.5, 0.6) is 0 Å². The van der Waals surface area contributed by atoms with E-state index in [1.807, 2.05) is 18.2 Å². The maximum Gasteiger partial charge on any atom is 0.0713 e. The van der Waals surface area contributed by atoms with Crippen LogP contribution >= 0.6 is 0 Å². The number of aromatic nitrogens is 1. The zero-order chi connectivity index (χ0) is 41.2. The summed E-state index contributed by atoms with van der Waals surface area (Å²) in [6, 6.07) is 59.8. The highest BCUT2D eigenvalue weighted by Crippen LogP contribution is 2.40. The predicted octanol–water partition coefficient (Wildman–Crippen LogP) is 15.1. The van der Waals surface area contributed by atoms with Crippen LogP contribution in [0, 0.1) is 6.92 Å². The zero-order valence-corrected chi connectivity index (χ0v) is 34.1. The lowest BCUT2D eigenvalue weighted by Crippen LogP contribution is -2.04. The maximum absolute atomic E-state index is 7.36. The zero-order valence-electron chi connectivity index (χ0n) is 34.1. The summed E-state index contributed by atoms with van der Waals surface area (Å²) in [4.78, 5) is 5.20. The molecule has 0 aliphatic rings. The molecule has 1 aromatic heterocycles. The molecule has 9 aromatic rings. The van der Waals surface area contributed by atoms with Crippen molar-refractivity contribution in [2.24, 2.45) is 0 Å². The summed E-state index contributed by atoms with van der Waals surface area (Å²) in [5, 5.41) is 8.37. The average Bonchev–Trinajstić information content (AvgIpc) is 3.29. The molecule has 0 saturated carbocycles. The Kier molecular flexibility index (Phi) is 10.4. The summed E-state index contributed by atoms with van der Waals surface area (Å²) in [5.41, 5.74) is 21.5. The number of rotatable bonds is 10. The molecule has 8 aromatic carbocycles. The van der Waals surface area contributed by atoms with Gasteiger partial charge in [0, 0.05) is 22.2 Å². The SMILES string of the molecule is C=Cc1ccccc1/C=C(C)/C(=C/C(=C)c1cc2ccccc2c2ccccc12)c1ccc(/C(=C\Cc2cccc3ccccc23)c2ccc3ccccc3n2)c(N)c1C. The van der Waals surface area contributed by atoms with Gasteiger partial charge in [0.2, 0.25) is 0 Å².